The van der Waals surface area contributed by atoms with Crippen LogP contribution in [0.25, 0.3) is 0 Å². The highest BCUT2D eigenvalue weighted by Gasteiger charge is 2.38. The van der Waals surface area contributed by atoms with E-state index < -0.39 is 17.6 Å². The first-order valence-electron chi connectivity index (χ1n) is 14.2. The number of carbonyl (C=O) groups is 1. The van der Waals surface area contributed by atoms with Gasteiger partial charge in [0.05, 0.1) is 19.8 Å². The second-order valence-corrected chi connectivity index (χ2v) is 11.9. The summed E-state index contributed by atoms with van der Waals surface area (Å²) in [6.45, 7) is 11.8. The largest absolute Gasteiger partial charge is 0.493 e. The van der Waals surface area contributed by atoms with Crippen molar-refractivity contribution in [1.29, 1.82) is 0 Å². The summed E-state index contributed by atoms with van der Waals surface area (Å²) in [6.07, 6.45) is 3.62. The molecule has 1 fully saturated rings. The van der Waals surface area contributed by atoms with Crippen molar-refractivity contribution in [3.8, 4) is 11.5 Å². The summed E-state index contributed by atoms with van der Waals surface area (Å²) in [5, 5.41) is 13.8. The fourth-order valence-electron chi connectivity index (χ4n) is 5.26. The Hall–Kier alpha value is -1.87. The van der Waals surface area contributed by atoms with Crippen molar-refractivity contribution < 1.29 is 24.1 Å². The van der Waals surface area contributed by atoms with Gasteiger partial charge in [0, 0.05) is 44.7 Å². The van der Waals surface area contributed by atoms with E-state index >= 15 is 0 Å². The highest BCUT2D eigenvalue weighted by molar-refractivity contribution is 5.82. The van der Waals surface area contributed by atoms with Gasteiger partial charge in [0.1, 0.15) is 0 Å². The number of benzene rings is 1. The molecule has 0 aliphatic carbocycles. The summed E-state index contributed by atoms with van der Waals surface area (Å²) in [7, 11) is 5.43. The Morgan fingerprint density at radius 2 is 1.97 bits per heavy atom. The van der Waals surface area contributed by atoms with Crippen molar-refractivity contribution in [3.63, 3.8) is 0 Å². The SMILES string of the molecule is COCCCOc1cc(C[C@@H](C[C@H](N)[C@@H](O)CNC(=O)C(C)(C)[C@H]2CCCN(C)C2)C(C)C)ccc1OC. The monoisotopic (exact) mass is 535 g/mol. The van der Waals surface area contributed by atoms with Crippen LogP contribution in [0, 0.1) is 23.2 Å². The van der Waals surface area contributed by atoms with Gasteiger partial charge in [0.25, 0.3) is 0 Å². The van der Waals surface area contributed by atoms with Crippen molar-refractivity contribution in [1.82, 2.24) is 10.2 Å². The maximum absolute atomic E-state index is 13.1. The number of nitrogens with zero attached hydrogens (tertiary/aromatic N) is 1. The minimum Gasteiger partial charge on any atom is -0.493 e. The average molecular weight is 536 g/mol. The first-order valence-corrected chi connectivity index (χ1v) is 14.2. The van der Waals surface area contributed by atoms with Crippen LogP contribution in [0.2, 0.25) is 0 Å². The van der Waals surface area contributed by atoms with Crippen molar-refractivity contribution >= 4 is 5.91 Å². The molecular formula is C30H53N3O5. The second-order valence-electron chi connectivity index (χ2n) is 11.9. The van der Waals surface area contributed by atoms with E-state index in [-0.39, 0.29) is 18.4 Å². The number of nitrogens with one attached hydrogen (secondary N) is 1. The summed E-state index contributed by atoms with van der Waals surface area (Å²) >= 11 is 0. The minimum atomic E-state index is -0.805. The molecule has 0 spiro atoms. The standard InChI is InChI=1S/C30H53N3O5/c1-21(2)23(16-22-11-12-27(37-7)28(17-22)38-15-9-14-36-6)18-25(31)26(34)19-32-29(35)30(3,4)24-10-8-13-33(5)20-24/h11-12,17,21,23-26,34H,8-10,13-16,18-20,31H2,1-7H3,(H,32,35)/t23-,24-,25-,26-/m0/s1. The molecule has 4 atom stereocenters. The Labute approximate surface area is 230 Å². The lowest BCUT2D eigenvalue weighted by Gasteiger charge is -2.39. The molecule has 2 rings (SSSR count). The van der Waals surface area contributed by atoms with Crippen molar-refractivity contribution in [3.05, 3.63) is 23.8 Å². The van der Waals surface area contributed by atoms with Crippen LogP contribution in [0.5, 0.6) is 11.5 Å². The van der Waals surface area contributed by atoms with Crippen LogP contribution in [0.3, 0.4) is 0 Å². The first-order chi connectivity index (χ1) is 18.0. The van der Waals surface area contributed by atoms with Crippen LogP contribution in [-0.2, 0) is 16.0 Å². The normalized spacial score (nSPS) is 19.2. The van der Waals surface area contributed by atoms with E-state index in [0.29, 0.717) is 37.2 Å². The molecule has 8 nitrogen and oxygen atoms in total. The Balaban J connectivity index is 1.94. The van der Waals surface area contributed by atoms with Crippen LogP contribution in [-0.4, -0.2) is 82.2 Å². The summed E-state index contributed by atoms with van der Waals surface area (Å²) in [5.41, 5.74) is 7.12. The van der Waals surface area contributed by atoms with Gasteiger partial charge in [-0.1, -0.05) is 33.8 Å². The zero-order chi connectivity index (χ0) is 28.3. The van der Waals surface area contributed by atoms with Gasteiger partial charge < -0.3 is 35.3 Å². The maximum atomic E-state index is 13.1. The van der Waals surface area contributed by atoms with Crippen molar-refractivity contribution in [2.45, 2.75) is 71.9 Å². The zero-order valence-corrected chi connectivity index (χ0v) is 24.8. The fourth-order valence-corrected chi connectivity index (χ4v) is 5.26. The van der Waals surface area contributed by atoms with Gasteiger partial charge in [0.15, 0.2) is 11.5 Å². The van der Waals surface area contributed by atoms with Crippen LogP contribution in [0.4, 0.5) is 0 Å². The van der Waals surface area contributed by atoms with E-state index in [4.69, 9.17) is 19.9 Å². The van der Waals surface area contributed by atoms with E-state index in [9.17, 15) is 9.90 Å². The molecule has 1 saturated heterocycles. The lowest BCUT2D eigenvalue weighted by molar-refractivity contribution is -0.133. The van der Waals surface area contributed by atoms with Gasteiger partial charge in [-0.05, 0) is 74.7 Å². The van der Waals surface area contributed by atoms with Gasteiger partial charge in [-0.3, -0.25) is 4.79 Å². The summed E-state index contributed by atoms with van der Waals surface area (Å²) < 4.78 is 16.5. The minimum absolute atomic E-state index is 0.0132. The quantitative estimate of drug-likeness (QED) is 0.278. The Morgan fingerprint density at radius 1 is 1.24 bits per heavy atom. The van der Waals surface area contributed by atoms with E-state index in [1.165, 1.54) is 0 Å². The molecule has 8 heteroatoms. The van der Waals surface area contributed by atoms with Gasteiger partial charge in [0.2, 0.25) is 5.91 Å². The number of aliphatic hydroxyl groups excluding tert-OH is 1. The highest BCUT2D eigenvalue weighted by atomic mass is 16.5. The number of aliphatic hydroxyl groups is 1. The van der Waals surface area contributed by atoms with Crippen LogP contribution >= 0.6 is 0 Å². The van der Waals surface area contributed by atoms with Crippen LogP contribution in [0.1, 0.15) is 58.9 Å². The fraction of sp³-hybridized carbons (Fsp3) is 0.767. The highest BCUT2D eigenvalue weighted by Crippen LogP contribution is 2.34. The number of nitrogens with two attached hydrogens (primary N) is 1. The number of hydrogen-bond donors (Lipinski definition) is 3. The number of ether oxygens (including phenoxy) is 3. The molecule has 1 aliphatic heterocycles. The van der Waals surface area contributed by atoms with Crippen LogP contribution < -0.4 is 20.5 Å². The summed E-state index contributed by atoms with van der Waals surface area (Å²) in [4.78, 5) is 15.3. The van der Waals surface area contributed by atoms with Gasteiger partial charge in [-0.2, -0.15) is 0 Å². The smallest absolute Gasteiger partial charge is 0.226 e. The molecule has 0 saturated carbocycles. The third-order valence-electron chi connectivity index (χ3n) is 8.19. The number of rotatable bonds is 16. The molecule has 1 aromatic rings. The Morgan fingerprint density at radius 3 is 2.61 bits per heavy atom. The first kappa shape index (κ1) is 32.3. The predicted octanol–water partition coefficient (Wildman–Crippen LogP) is 3.49. The van der Waals surface area contributed by atoms with E-state index in [2.05, 4.69) is 37.2 Å². The molecule has 0 aromatic heterocycles. The van der Waals surface area contributed by atoms with Crippen molar-refractivity contribution in [2.24, 2.45) is 28.9 Å². The molecule has 1 aromatic carbocycles. The van der Waals surface area contributed by atoms with Gasteiger partial charge in [-0.15, -0.1) is 0 Å². The Bertz CT molecular complexity index is 847. The molecule has 0 radical (unpaired) electrons. The molecule has 0 bridgehead atoms. The predicted molar refractivity (Wildman–Crippen MR) is 153 cm³/mol. The molecule has 38 heavy (non-hydrogen) atoms. The third-order valence-corrected chi connectivity index (χ3v) is 8.19. The average Bonchev–Trinajstić information content (AvgIpc) is 2.89. The molecule has 0 unspecified atom stereocenters. The number of likely N-dealkylation sites (tertiary alicyclic amines) is 1. The zero-order valence-electron chi connectivity index (χ0n) is 24.8. The van der Waals surface area contributed by atoms with Crippen molar-refractivity contribution in [2.75, 3.05) is 54.1 Å². The molecular weight excluding hydrogens is 482 g/mol. The number of carbonyl (C=O) groups excluding carboxylic acids is 1. The number of amides is 1. The Kier molecular flexibility index (Phi) is 13.3. The van der Waals surface area contributed by atoms with Crippen LogP contribution in [0.15, 0.2) is 18.2 Å². The maximum Gasteiger partial charge on any atom is 0.226 e. The third kappa shape index (κ3) is 9.70. The lowest BCUT2D eigenvalue weighted by atomic mass is 9.74. The number of piperidine rings is 1. The van der Waals surface area contributed by atoms with E-state index in [0.717, 1.165) is 50.1 Å². The lowest BCUT2D eigenvalue weighted by Crippen LogP contribution is -2.51. The van der Waals surface area contributed by atoms with Gasteiger partial charge in [-0.25, -0.2) is 0 Å². The van der Waals surface area contributed by atoms with Gasteiger partial charge >= 0.3 is 0 Å². The molecule has 218 valence electrons. The van der Waals surface area contributed by atoms with E-state index in [1.54, 1.807) is 14.2 Å². The molecule has 4 N–H and O–H groups in total. The summed E-state index contributed by atoms with van der Waals surface area (Å²) in [6, 6.07) is 5.60. The number of methoxy groups -OCH3 is 2. The van der Waals surface area contributed by atoms with E-state index in [1.807, 2.05) is 26.0 Å². The second kappa shape index (κ2) is 15.7. The molecule has 1 amide bonds. The summed E-state index contributed by atoms with van der Waals surface area (Å²) in [5.74, 6) is 2.36. The topological polar surface area (TPSA) is 106 Å². The molecule has 1 aliphatic rings. The number of hydrogen-bond acceptors (Lipinski definition) is 7. The molecule has 1 heterocycles.